The molecule has 3 heteroatoms. The lowest BCUT2D eigenvalue weighted by Crippen LogP contribution is -1.88. The number of aldehydes is 1. The maximum Gasteiger partial charge on any atom is 0.170 e. The second kappa shape index (κ2) is 3.22. The van der Waals surface area contributed by atoms with Crippen molar-refractivity contribution in [3.63, 3.8) is 0 Å². The van der Waals surface area contributed by atoms with E-state index in [0.717, 1.165) is 12.0 Å². The Labute approximate surface area is 73.7 Å². The van der Waals surface area contributed by atoms with E-state index in [4.69, 9.17) is 4.42 Å². The molecule has 0 bridgehead atoms. The van der Waals surface area contributed by atoms with Crippen LogP contribution in [0.5, 0.6) is 0 Å². The molecule has 0 saturated heterocycles. The minimum absolute atomic E-state index is 0.251. The highest BCUT2D eigenvalue weighted by Gasteiger charge is 2.11. The summed E-state index contributed by atoms with van der Waals surface area (Å²) in [6, 6.07) is 1.68. The molecule has 0 radical (unpaired) electrons. The molecule has 1 heterocycles. The quantitative estimate of drug-likeness (QED) is 0.712. The topological polar surface area (TPSA) is 30.2 Å². The second-order valence-corrected chi connectivity index (χ2v) is 3.42. The molecule has 0 N–H and O–H groups in total. The molecule has 0 aliphatic carbocycles. The zero-order chi connectivity index (χ0) is 8.43. The predicted octanol–water partition coefficient (Wildman–Crippen LogP) is 2.98. The third-order valence-electron chi connectivity index (χ3n) is 1.41. The van der Waals surface area contributed by atoms with Crippen LogP contribution in [0.1, 0.15) is 35.9 Å². The Bertz CT molecular complexity index is 263. The third-order valence-corrected chi connectivity index (χ3v) is 1.80. The molecule has 0 unspecified atom stereocenters. The van der Waals surface area contributed by atoms with E-state index >= 15 is 0 Å². The molecule has 2 nitrogen and oxygen atoms in total. The van der Waals surface area contributed by atoms with E-state index in [1.807, 2.05) is 13.8 Å². The molecule has 11 heavy (non-hydrogen) atoms. The van der Waals surface area contributed by atoms with Gasteiger partial charge in [0.25, 0.3) is 0 Å². The number of rotatable bonds is 2. The van der Waals surface area contributed by atoms with Crippen molar-refractivity contribution < 1.29 is 9.21 Å². The van der Waals surface area contributed by atoms with Crippen LogP contribution in [0.3, 0.4) is 0 Å². The van der Waals surface area contributed by atoms with E-state index in [1.54, 1.807) is 6.07 Å². The van der Waals surface area contributed by atoms with Gasteiger partial charge in [-0.1, -0.05) is 13.8 Å². The van der Waals surface area contributed by atoms with Crippen LogP contribution >= 0.6 is 15.9 Å². The standard InChI is InChI=1S/C8H9BrO2/c1-5(2)8-6(4-10)3-7(9)11-8/h3-5H,1-2H3. The molecule has 0 fully saturated rings. The van der Waals surface area contributed by atoms with Crippen molar-refractivity contribution in [2.45, 2.75) is 19.8 Å². The van der Waals surface area contributed by atoms with Crippen LogP contribution in [0.2, 0.25) is 0 Å². The molecule has 1 rings (SSSR count). The van der Waals surface area contributed by atoms with Crippen LogP contribution in [0, 0.1) is 0 Å². The molecule has 0 aliphatic rings. The summed E-state index contributed by atoms with van der Waals surface area (Å²) in [5.41, 5.74) is 0.631. The van der Waals surface area contributed by atoms with Gasteiger partial charge >= 0.3 is 0 Å². The summed E-state index contributed by atoms with van der Waals surface area (Å²) in [6.45, 7) is 3.97. The maximum atomic E-state index is 10.5. The van der Waals surface area contributed by atoms with Gasteiger partial charge in [-0.05, 0) is 15.9 Å². The van der Waals surface area contributed by atoms with Gasteiger partial charge in [-0.15, -0.1) is 0 Å². The van der Waals surface area contributed by atoms with Gasteiger partial charge < -0.3 is 4.42 Å². The third kappa shape index (κ3) is 1.71. The molecule has 1 aromatic rings. The lowest BCUT2D eigenvalue weighted by molar-refractivity contribution is 0.112. The van der Waals surface area contributed by atoms with Crippen LogP contribution in [0.15, 0.2) is 15.2 Å². The Kier molecular flexibility index (Phi) is 2.49. The summed E-state index contributed by atoms with van der Waals surface area (Å²) in [4.78, 5) is 10.5. The summed E-state index contributed by atoms with van der Waals surface area (Å²) < 4.78 is 5.87. The van der Waals surface area contributed by atoms with Gasteiger partial charge in [0, 0.05) is 12.0 Å². The first kappa shape index (κ1) is 8.53. The zero-order valence-electron chi connectivity index (χ0n) is 6.43. The highest BCUT2D eigenvalue weighted by molar-refractivity contribution is 9.10. The molecule has 0 atom stereocenters. The SMILES string of the molecule is CC(C)c1oc(Br)cc1C=O. The van der Waals surface area contributed by atoms with Crippen LogP contribution in [0.4, 0.5) is 0 Å². The molecule has 0 spiro atoms. The molecule has 60 valence electrons. The fourth-order valence-corrected chi connectivity index (χ4v) is 1.35. The Hall–Kier alpha value is -0.570. The van der Waals surface area contributed by atoms with E-state index in [1.165, 1.54) is 0 Å². The Morgan fingerprint density at radius 1 is 1.64 bits per heavy atom. The van der Waals surface area contributed by atoms with E-state index in [-0.39, 0.29) is 5.92 Å². The van der Waals surface area contributed by atoms with Crippen LogP contribution < -0.4 is 0 Å². The van der Waals surface area contributed by atoms with Crippen LogP contribution in [-0.2, 0) is 0 Å². The van der Waals surface area contributed by atoms with E-state index in [0.29, 0.717) is 10.2 Å². The average molecular weight is 217 g/mol. The van der Waals surface area contributed by atoms with Crippen molar-refractivity contribution in [2.75, 3.05) is 0 Å². The number of carbonyl (C=O) groups excluding carboxylic acids is 1. The minimum atomic E-state index is 0.251. The second-order valence-electron chi connectivity index (χ2n) is 2.64. The van der Waals surface area contributed by atoms with Gasteiger partial charge in [0.1, 0.15) is 5.76 Å². The van der Waals surface area contributed by atoms with Gasteiger partial charge in [0.05, 0.1) is 5.56 Å². The fourth-order valence-electron chi connectivity index (χ4n) is 0.930. The minimum Gasteiger partial charge on any atom is -0.453 e. The summed E-state index contributed by atoms with van der Waals surface area (Å²) in [6.07, 6.45) is 0.809. The van der Waals surface area contributed by atoms with Gasteiger partial charge in [-0.25, -0.2) is 0 Å². The van der Waals surface area contributed by atoms with Crippen molar-refractivity contribution in [1.82, 2.24) is 0 Å². The molecular formula is C8H9BrO2. The molecule has 0 aliphatic heterocycles. The van der Waals surface area contributed by atoms with Crippen molar-refractivity contribution in [1.29, 1.82) is 0 Å². The predicted molar refractivity (Wildman–Crippen MR) is 45.9 cm³/mol. The van der Waals surface area contributed by atoms with Crippen molar-refractivity contribution >= 4 is 22.2 Å². The highest BCUT2D eigenvalue weighted by Crippen LogP contribution is 2.25. The number of hydrogen-bond acceptors (Lipinski definition) is 2. The van der Waals surface area contributed by atoms with Gasteiger partial charge in [-0.2, -0.15) is 0 Å². The van der Waals surface area contributed by atoms with Gasteiger partial charge in [-0.3, -0.25) is 4.79 Å². The first-order valence-electron chi connectivity index (χ1n) is 3.39. The largest absolute Gasteiger partial charge is 0.453 e. The number of carbonyl (C=O) groups is 1. The summed E-state index contributed by atoms with van der Waals surface area (Å²) >= 11 is 3.17. The molecule has 0 aromatic carbocycles. The van der Waals surface area contributed by atoms with Crippen molar-refractivity contribution in [2.24, 2.45) is 0 Å². The number of halogens is 1. The summed E-state index contributed by atoms with van der Waals surface area (Å²) in [5.74, 6) is 0.994. The smallest absolute Gasteiger partial charge is 0.170 e. The molecule has 0 amide bonds. The monoisotopic (exact) mass is 216 g/mol. The summed E-state index contributed by atoms with van der Waals surface area (Å²) in [7, 11) is 0. The van der Waals surface area contributed by atoms with Crippen molar-refractivity contribution in [3.05, 3.63) is 22.1 Å². The zero-order valence-corrected chi connectivity index (χ0v) is 8.01. The highest BCUT2D eigenvalue weighted by atomic mass is 79.9. The average Bonchev–Trinajstić information content (AvgIpc) is 2.30. The lowest BCUT2D eigenvalue weighted by atomic mass is 10.1. The molecule has 1 aromatic heterocycles. The fraction of sp³-hybridized carbons (Fsp3) is 0.375. The Balaban J connectivity index is 3.11. The molecule has 0 saturated carbocycles. The number of furan rings is 1. The first-order chi connectivity index (χ1) is 5.15. The van der Waals surface area contributed by atoms with Crippen LogP contribution in [-0.4, -0.2) is 6.29 Å². The Morgan fingerprint density at radius 2 is 2.27 bits per heavy atom. The Morgan fingerprint density at radius 3 is 2.64 bits per heavy atom. The van der Waals surface area contributed by atoms with E-state index < -0.39 is 0 Å². The number of hydrogen-bond donors (Lipinski definition) is 0. The van der Waals surface area contributed by atoms with E-state index in [2.05, 4.69) is 15.9 Å². The summed E-state index contributed by atoms with van der Waals surface area (Å²) in [5, 5.41) is 0. The van der Waals surface area contributed by atoms with Crippen molar-refractivity contribution in [3.8, 4) is 0 Å². The first-order valence-corrected chi connectivity index (χ1v) is 4.19. The molecular weight excluding hydrogens is 208 g/mol. The lowest BCUT2D eigenvalue weighted by Gasteiger charge is -1.98. The van der Waals surface area contributed by atoms with Gasteiger partial charge in [0.15, 0.2) is 11.0 Å². The maximum absolute atomic E-state index is 10.5. The normalized spacial score (nSPS) is 10.5. The van der Waals surface area contributed by atoms with Crippen LogP contribution in [0.25, 0.3) is 0 Å². The van der Waals surface area contributed by atoms with Gasteiger partial charge in [0.2, 0.25) is 0 Å². The van der Waals surface area contributed by atoms with E-state index in [9.17, 15) is 4.79 Å².